The van der Waals surface area contributed by atoms with E-state index in [1.54, 1.807) is 12.4 Å². The quantitative estimate of drug-likeness (QED) is 0.878. The lowest BCUT2D eigenvalue weighted by Crippen LogP contribution is -2.48. The van der Waals surface area contributed by atoms with Crippen LogP contribution in [0.3, 0.4) is 0 Å². The Morgan fingerprint density at radius 1 is 1.43 bits per heavy atom. The van der Waals surface area contributed by atoms with Crippen molar-refractivity contribution in [1.29, 1.82) is 0 Å². The molecular formula is C15H17N3O2S. The molecule has 1 N–H and O–H groups in total. The van der Waals surface area contributed by atoms with Gasteiger partial charge in [0.1, 0.15) is 0 Å². The molecule has 21 heavy (non-hydrogen) atoms. The second-order valence-electron chi connectivity index (χ2n) is 5.63. The normalized spacial score (nSPS) is 20.5. The number of nitrogens with zero attached hydrogens (tertiary/aromatic N) is 2. The van der Waals surface area contributed by atoms with E-state index >= 15 is 0 Å². The molecule has 110 valence electrons. The first-order valence-electron chi connectivity index (χ1n) is 7.27. The number of hydrogen-bond acceptors (Lipinski definition) is 4. The van der Waals surface area contributed by atoms with Crippen molar-refractivity contribution in [3.63, 3.8) is 0 Å². The maximum Gasteiger partial charge on any atom is 0.257 e. The highest BCUT2D eigenvalue weighted by Crippen LogP contribution is 2.43. The summed E-state index contributed by atoms with van der Waals surface area (Å²) < 4.78 is 6.16. The predicted molar refractivity (Wildman–Crippen MR) is 79.4 cm³/mol. The molecule has 1 spiro atoms. The van der Waals surface area contributed by atoms with E-state index in [9.17, 15) is 4.79 Å². The third-order valence-electron chi connectivity index (χ3n) is 4.55. The van der Waals surface area contributed by atoms with E-state index in [1.165, 1.54) is 10.4 Å². The molecule has 1 amide bonds. The van der Waals surface area contributed by atoms with Crippen LogP contribution in [-0.2, 0) is 16.8 Å². The van der Waals surface area contributed by atoms with Gasteiger partial charge in [-0.1, -0.05) is 0 Å². The van der Waals surface area contributed by atoms with Gasteiger partial charge in [-0.15, -0.1) is 11.3 Å². The number of nitrogens with one attached hydrogen (secondary N) is 1. The Morgan fingerprint density at radius 3 is 3.05 bits per heavy atom. The molecule has 0 aromatic carbocycles. The molecule has 0 bridgehead atoms. The molecule has 4 rings (SSSR count). The van der Waals surface area contributed by atoms with E-state index in [0.717, 1.165) is 39.0 Å². The average molecular weight is 303 g/mol. The van der Waals surface area contributed by atoms with E-state index in [4.69, 9.17) is 4.74 Å². The van der Waals surface area contributed by atoms with E-state index in [2.05, 4.69) is 21.6 Å². The number of likely N-dealkylation sites (tertiary alicyclic amines) is 1. The lowest BCUT2D eigenvalue weighted by molar-refractivity contribution is -0.0926. The van der Waals surface area contributed by atoms with Crippen molar-refractivity contribution < 1.29 is 9.53 Å². The molecule has 1 saturated heterocycles. The van der Waals surface area contributed by atoms with Gasteiger partial charge in [0, 0.05) is 30.6 Å². The minimum Gasteiger partial charge on any atom is -0.370 e. The number of fused-ring (bicyclic) bond motifs is 2. The Kier molecular flexibility index (Phi) is 3.08. The van der Waals surface area contributed by atoms with Crippen molar-refractivity contribution >= 4 is 17.2 Å². The number of hydrogen-bond donors (Lipinski definition) is 1. The number of aromatic amines is 1. The zero-order valence-corrected chi connectivity index (χ0v) is 12.5. The highest BCUT2D eigenvalue weighted by Gasteiger charge is 2.42. The Bertz CT molecular complexity index is 642. The SMILES string of the molecule is O=C(c1cn[nH]c1)N1CCC2(CC1)OCCc1sccc12. The maximum absolute atomic E-state index is 12.4. The third kappa shape index (κ3) is 2.10. The third-order valence-corrected chi connectivity index (χ3v) is 5.53. The van der Waals surface area contributed by atoms with Crippen molar-refractivity contribution in [2.45, 2.75) is 24.9 Å². The van der Waals surface area contributed by atoms with Crippen LogP contribution in [0.15, 0.2) is 23.8 Å². The number of ether oxygens (including phenoxy) is 1. The van der Waals surface area contributed by atoms with Gasteiger partial charge in [0.2, 0.25) is 0 Å². The molecular weight excluding hydrogens is 286 g/mol. The molecule has 0 aliphatic carbocycles. The van der Waals surface area contributed by atoms with Gasteiger partial charge in [0.05, 0.1) is 24.0 Å². The number of piperidine rings is 1. The van der Waals surface area contributed by atoms with Crippen LogP contribution in [0.1, 0.15) is 33.6 Å². The highest BCUT2D eigenvalue weighted by atomic mass is 32.1. The predicted octanol–water partition coefficient (Wildman–Crippen LogP) is 2.18. The summed E-state index contributed by atoms with van der Waals surface area (Å²) in [4.78, 5) is 15.7. The van der Waals surface area contributed by atoms with Gasteiger partial charge in [-0.2, -0.15) is 5.10 Å². The van der Waals surface area contributed by atoms with Crippen molar-refractivity contribution in [1.82, 2.24) is 15.1 Å². The Hall–Kier alpha value is -1.66. The molecule has 2 aromatic heterocycles. The Balaban J connectivity index is 1.52. The van der Waals surface area contributed by atoms with E-state index in [1.807, 2.05) is 16.2 Å². The fourth-order valence-corrected chi connectivity index (χ4v) is 4.34. The van der Waals surface area contributed by atoms with Crippen LogP contribution in [0, 0.1) is 0 Å². The van der Waals surface area contributed by atoms with Crippen LogP contribution < -0.4 is 0 Å². The summed E-state index contributed by atoms with van der Waals surface area (Å²) >= 11 is 1.83. The van der Waals surface area contributed by atoms with Crippen molar-refractivity contribution in [3.8, 4) is 0 Å². The lowest BCUT2D eigenvalue weighted by Gasteiger charge is -2.44. The molecule has 4 heterocycles. The second-order valence-corrected chi connectivity index (χ2v) is 6.63. The zero-order valence-electron chi connectivity index (χ0n) is 11.7. The van der Waals surface area contributed by atoms with Gasteiger partial charge in [-0.3, -0.25) is 9.89 Å². The molecule has 2 aliphatic heterocycles. The van der Waals surface area contributed by atoms with Crippen molar-refractivity contribution in [2.75, 3.05) is 19.7 Å². The molecule has 1 fully saturated rings. The van der Waals surface area contributed by atoms with Crippen molar-refractivity contribution in [3.05, 3.63) is 39.8 Å². The Morgan fingerprint density at radius 2 is 2.29 bits per heavy atom. The van der Waals surface area contributed by atoms with Gasteiger partial charge >= 0.3 is 0 Å². The first kappa shape index (κ1) is 13.0. The van der Waals surface area contributed by atoms with E-state index in [-0.39, 0.29) is 11.5 Å². The number of H-pyrrole nitrogens is 1. The average Bonchev–Trinajstić information content (AvgIpc) is 3.19. The fourth-order valence-electron chi connectivity index (χ4n) is 3.39. The molecule has 5 nitrogen and oxygen atoms in total. The van der Waals surface area contributed by atoms with Crippen LogP contribution in [-0.4, -0.2) is 40.7 Å². The summed E-state index contributed by atoms with van der Waals surface area (Å²) in [6, 6.07) is 2.20. The number of aromatic nitrogens is 2. The molecule has 2 aromatic rings. The summed E-state index contributed by atoms with van der Waals surface area (Å²) in [6.07, 6.45) is 6.01. The number of amides is 1. The number of thiophene rings is 1. The van der Waals surface area contributed by atoms with E-state index < -0.39 is 0 Å². The first-order valence-corrected chi connectivity index (χ1v) is 8.15. The summed E-state index contributed by atoms with van der Waals surface area (Å²) in [6.45, 7) is 2.27. The van der Waals surface area contributed by atoms with E-state index in [0.29, 0.717) is 5.56 Å². The van der Waals surface area contributed by atoms with Crippen LogP contribution in [0.5, 0.6) is 0 Å². The smallest absolute Gasteiger partial charge is 0.257 e. The Labute approximate surface area is 126 Å². The molecule has 6 heteroatoms. The standard InChI is InChI=1S/C15H17N3O2S/c19-14(11-9-16-17-10-11)18-5-3-15(4-6-18)12-2-8-21-13(12)1-7-20-15/h2,8-10H,1,3-7H2,(H,16,17). The molecule has 2 aliphatic rings. The summed E-state index contributed by atoms with van der Waals surface area (Å²) in [5.74, 6) is 0.0555. The largest absolute Gasteiger partial charge is 0.370 e. The van der Waals surface area contributed by atoms with Gasteiger partial charge in [0.15, 0.2) is 0 Å². The summed E-state index contributed by atoms with van der Waals surface area (Å²) in [7, 11) is 0. The van der Waals surface area contributed by atoms with Gasteiger partial charge in [-0.25, -0.2) is 0 Å². The van der Waals surface area contributed by atoms with Crippen LogP contribution >= 0.6 is 11.3 Å². The minimum absolute atomic E-state index is 0.0555. The topological polar surface area (TPSA) is 58.2 Å². The molecule has 0 unspecified atom stereocenters. The van der Waals surface area contributed by atoms with Crippen LogP contribution in [0.4, 0.5) is 0 Å². The number of carbonyl (C=O) groups is 1. The van der Waals surface area contributed by atoms with Crippen molar-refractivity contribution in [2.24, 2.45) is 0 Å². The lowest BCUT2D eigenvalue weighted by atomic mass is 9.82. The highest BCUT2D eigenvalue weighted by molar-refractivity contribution is 7.10. The van der Waals surface area contributed by atoms with Crippen LogP contribution in [0.2, 0.25) is 0 Å². The fraction of sp³-hybridized carbons (Fsp3) is 0.467. The summed E-state index contributed by atoms with van der Waals surface area (Å²) in [5, 5.41) is 8.70. The monoisotopic (exact) mass is 303 g/mol. The van der Waals surface area contributed by atoms with Crippen LogP contribution in [0.25, 0.3) is 0 Å². The van der Waals surface area contributed by atoms with Gasteiger partial charge in [0.25, 0.3) is 5.91 Å². The second kappa shape index (κ2) is 4.96. The summed E-state index contributed by atoms with van der Waals surface area (Å²) in [5.41, 5.74) is 1.82. The number of rotatable bonds is 1. The number of carbonyl (C=O) groups excluding carboxylic acids is 1. The van der Waals surface area contributed by atoms with Gasteiger partial charge in [-0.05, 0) is 29.9 Å². The molecule has 0 atom stereocenters. The zero-order chi connectivity index (χ0) is 14.3. The molecule has 0 saturated carbocycles. The minimum atomic E-state index is -0.166. The molecule has 0 radical (unpaired) electrons. The van der Waals surface area contributed by atoms with Gasteiger partial charge < -0.3 is 9.64 Å². The maximum atomic E-state index is 12.4. The first-order chi connectivity index (χ1) is 10.3.